The van der Waals surface area contributed by atoms with Crippen LogP contribution >= 0.6 is 22.6 Å². The molecule has 2 aromatic carbocycles. The number of benzene rings is 2. The van der Waals surface area contributed by atoms with E-state index in [-0.39, 0.29) is 5.41 Å². The van der Waals surface area contributed by atoms with Crippen LogP contribution in [0.1, 0.15) is 37.3 Å². The third kappa shape index (κ3) is 2.91. The maximum atomic E-state index is 3.79. The van der Waals surface area contributed by atoms with Crippen molar-refractivity contribution in [2.24, 2.45) is 0 Å². The average molecular weight is 400 g/mol. The lowest BCUT2D eigenvalue weighted by Gasteiger charge is -2.19. The average Bonchev–Trinajstić information content (AvgIpc) is 2.76. The first kappa shape index (κ1) is 15.5. The summed E-state index contributed by atoms with van der Waals surface area (Å²) in [6.45, 7) is 8.49. The largest absolute Gasteiger partial charge is 0.0991 e. The van der Waals surface area contributed by atoms with E-state index in [4.69, 9.17) is 0 Å². The zero-order valence-corrected chi connectivity index (χ0v) is 15.3. The van der Waals surface area contributed by atoms with Crippen molar-refractivity contribution in [3.8, 4) is 11.1 Å². The van der Waals surface area contributed by atoms with Gasteiger partial charge in [-0.25, -0.2) is 0 Å². The lowest BCUT2D eigenvalue weighted by Crippen LogP contribution is -2.12. The second kappa shape index (κ2) is 6.04. The first-order chi connectivity index (χ1) is 10.5. The van der Waals surface area contributed by atoms with Crippen molar-refractivity contribution >= 4 is 22.6 Å². The molecule has 1 aliphatic carbocycles. The third-order valence-corrected chi connectivity index (χ3v) is 5.29. The van der Waals surface area contributed by atoms with E-state index in [0.29, 0.717) is 5.92 Å². The van der Waals surface area contributed by atoms with Crippen molar-refractivity contribution in [1.29, 1.82) is 0 Å². The van der Waals surface area contributed by atoms with E-state index in [2.05, 4.69) is 97.6 Å². The highest BCUT2D eigenvalue weighted by Gasteiger charge is 2.35. The Morgan fingerprint density at radius 2 is 1.77 bits per heavy atom. The van der Waals surface area contributed by atoms with E-state index in [1.807, 2.05) is 6.08 Å². The minimum absolute atomic E-state index is 0.227. The summed E-state index contributed by atoms with van der Waals surface area (Å²) in [5, 5.41) is 0. The van der Waals surface area contributed by atoms with Crippen LogP contribution in [0.3, 0.4) is 0 Å². The van der Waals surface area contributed by atoms with Gasteiger partial charge in [-0.2, -0.15) is 0 Å². The highest BCUT2D eigenvalue weighted by molar-refractivity contribution is 14.1. The van der Waals surface area contributed by atoms with Crippen molar-refractivity contribution < 1.29 is 0 Å². The number of hydrogen-bond acceptors (Lipinski definition) is 0. The summed E-state index contributed by atoms with van der Waals surface area (Å²) in [4.78, 5) is 0. The molecule has 112 valence electrons. The molecule has 0 amide bonds. The number of fused-ring (bicyclic) bond motifs is 1. The molecule has 0 nitrogen and oxygen atoms in total. The molecule has 0 spiro atoms. The first-order valence-electron chi connectivity index (χ1n) is 7.71. The van der Waals surface area contributed by atoms with Gasteiger partial charge >= 0.3 is 0 Å². The molecule has 0 bridgehead atoms. The lowest BCUT2D eigenvalue weighted by molar-refractivity contribution is 0.504. The van der Waals surface area contributed by atoms with Crippen LogP contribution < -0.4 is 0 Å². The molecule has 2 aromatic rings. The molecule has 1 heteroatoms. The molecule has 0 aromatic heterocycles. The Morgan fingerprint density at radius 1 is 1.09 bits per heavy atom. The van der Waals surface area contributed by atoms with E-state index in [1.54, 1.807) is 0 Å². The summed E-state index contributed by atoms with van der Waals surface area (Å²) in [7, 11) is 0. The molecule has 22 heavy (non-hydrogen) atoms. The van der Waals surface area contributed by atoms with Gasteiger partial charge in [0.25, 0.3) is 0 Å². The van der Waals surface area contributed by atoms with Crippen LogP contribution in [0.15, 0.2) is 67.3 Å². The molecule has 1 unspecified atom stereocenters. The Hall–Kier alpha value is -1.35. The second-order valence-corrected chi connectivity index (χ2v) is 7.87. The van der Waals surface area contributed by atoms with Gasteiger partial charge in [-0.1, -0.05) is 69.0 Å². The Kier molecular flexibility index (Phi) is 4.26. The first-order valence-corrected chi connectivity index (χ1v) is 8.79. The van der Waals surface area contributed by atoms with Crippen LogP contribution in [-0.4, -0.2) is 0 Å². The number of rotatable bonds is 3. The summed E-state index contributed by atoms with van der Waals surface area (Å²) in [5.41, 5.74) is 5.80. The van der Waals surface area contributed by atoms with Crippen molar-refractivity contribution in [2.45, 2.75) is 31.6 Å². The van der Waals surface area contributed by atoms with E-state index >= 15 is 0 Å². The fourth-order valence-corrected chi connectivity index (χ4v) is 3.80. The zero-order valence-electron chi connectivity index (χ0n) is 13.1. The van der Waals surface area contributed by atoms with E-state index in [9.17, 15) is 0 Å². The molecular formula is C21H21I. The van der Waals surface area contributed by atoms with Gasteiger partial charge in [0.05, 0.1) is 0 Å². The molecular weight excluding hydrogens is 379 g/mol. The van der Waals surface area contributed by atoms with Gasteiger partial charge in [0.1, 0.15) is 0 Å². The number of hydrogen-bond donors (Lipinski definition) is 0. The van der Waals surface area contributed by atoms with Gasteiger partial charge in [-0.15, -0.1) is 0 Å². The molecule has 3 rings (SSSR count). The maximum absolute atomic E-state index is 3.79. The van der Waals surface area contributed by atoms with Gasteiger partial charge < -0.3 is 0 Å². The monoisotopic (exact) mass is 400 g/mol. The minimum Gasteiger partial charge on any atom is -0.0991 e. The summed E-state index contributed by atoms with van der Waals surface area (Å²) >= 11 is 2.35. The predicted octanol–water partition coefficient (Wildman–Crippen LogP) is 6.47. The summed E-state index contributed by atoms with van der Waals surface area (Å²) in [6.07, 6.45) is 7.39. The zero-order chi connectivity index (χ0) is 15.7. The maximum Gasteiger partial charge on any atom is 0.0130 e. The van der Waals surface area contributed by atoms with Crippen LogP contribution in [-0.2, 0) is 5.41 Å². The van der Waals surface area contributed by atoms with Gasteiger partial charge in [0.15, 0.2) is 0 Å². The van der Waals surface area contributed by atoms with Crippen molar-refractivity contribution in [3.63, 3.8) is 0 Å². The van der Waals surface area contributed by atoms with Gasteiger partial charge in [0, 0.05) is 9.49 Å². The molecule has 0 radical (unpaired) electrons. The Labute approximate surface area is 147 Å². The van der Waals surface area contributed by atoms with Crippen LogP contribution in [0.25, 0.3) is 11.1 Å². The van der Waals surface area contributed by atoms with Crippen LogP contribution in [0.2, 0.25) is 0 Å². The SMILES string of the molecule is C=C/C=C\C1CC(C)(C)c2cc(-c3ccc(I)cc3)ccc21. The Morgan fingerprint density at radius 3 is 2.45 bits per heavy atom. The van der Waals surface area contributed by atoms with Crippen LogP contribution in [0.4, 0.5) is 0 Å². The lowest BCUT2D eigenvalue weighted by atomic mass is 9.85. The summed E-state index contributed by atoms with van der Waals surface area (Å²) in [5.74, 6) is 0.508. The molecule has 0 heterocycles. The molecule has 0 aliphatic heterocycles. The topological polar surface area (TPSA) is 0 Å². The van der Waals surface area contributed by atoms with E-state index in [0.717, 1.165) is 0 Å². The molecule has 0 fully saturated rings. The fraction of sp³-hybridized carbons (Fsp3) is 0.238. The predicted molar refractivity (Wildman–Crippen MR) is 104 cm³/mol. The highest BCUT2D eigenvalue weighted by Crippen LogP contribution is 2.47. The number of allylic oxidation sites excluding steroid dienone is 3. The van der Waals surface area contributed by atoms with Gasteiger partial charge in [-0.05, 0) is 68.8 Å². The minimum atomic E-state index is 0.227. The highest BCUT2D eigenvalue weighted by atomic mass is 127. The van der Waals surface area contributed by atoms with Crippen LogP contribution in [0.5, 0.6) is 0 Å². The van der Waals surface area contributed by atoms with Crippen molar-refractivity contribution in [2.75, 3.05) is 0 Å². The molecule has 0 N–H and O–H groups in total. The van der Waals surface area contributed by atoms with E-state index < -0.39 is 0 Å². The van der Waals surface area contributed by atoms with Crippen LogP contribution in [0, 0.1) is 3.57 Å². The molecule has 0 saturated carbocycles. The van der Waals surface area contributed by atoms with Crippen molar-refractivity contribution in [1.82, 2.24) is 0 Å². The van der Waals surface area contributed by atoms with Gasteiger partial charge in [-0.3, -0.25) is 0 Å². The van der Waals surface area contributed by atoms with E-state index in [1.165, 1.54) is 32.2 Å². The number of halogens is 1. The Balaban J connectivity index is 2.04. The Bertz CT molecular complexity index is 720. The second-order valence-electron chi connectivity index (χ2n) is 6.62. The standard InChI is InChI=1S/C21H21I/c1-4-5-6-17-14-21(2,3)20-13-16(9-12-19(17)20)15-7-10-18(22)11-8-15/h4-13,17H,1,14H2,2-3H3/b6-5-. The molecule has 1 aliphatic rings. The smallest absolute Gasteiger partial charge is 0.0130 e. The quantitative estimate of drug-likeness (QED) is 0.410. The van der Waals surface area contributed by atoms with Gasteiger partial charge in [0.2, 0.25) is 0 Å². The molecule has 1 atom stereocenters. The normalized spacial score (nSPS) is 19.3. The third-order valence-electron chi connectivity index (χ3n) is 4.57. The summed E-state index contributed by atoms with van der Waals surface area (Å²) in [6, 6.07) is 15.7. The van der Waals surface area contributed by atoms with Crippen molar-refractivity contribution in [3.05, 3.63) is 82.0 Å². The molecule has 0 saturated heterocycles. The summed E-state index contributed by atoms with van der Waals surface area (Å²) < 4.78 is 1.28. The fourth-order valence-electron chi connectivity index (χ4n) is 3.44.